The minimum atomic E-state index is -3.31. The van der Waals surface area contributed by atoms with E-state index in [0.717, 1.165) is 11.3 Å². The molecule has 2 atom stereocenters. The molecular weight excluding hydrogens is 268 g/mol. The molecule has 1 aromatic heterocycles. The predicted molar refractivity (Wildman–Crippen MR) is 73.9 cm³/mol. The van der Waals surface area contributed by atoms with Gasteiger partial charge in [0.25, 0.3) is 10.0 Å². The summed E-state index contributed by atoms with van der Waals surface area (Å²) in [5.41, 5.74) is 5.53. The lowest BCUT2D eigenvalue weighted by Crippen LogP contribution is -2.41. The van der Waals surface area contributed by atoms with Crippen LogP contribution in [-0.4, -0.2) is 25.8 Å². The molecule has 1 aliphatic heterocycles. The summed E-state index contributed by atoms with van der Waals surface area (Å²) in [6.45, 7) is 5.95. The van der Waals surface area contributed by atoms with E-state index in [0.29, 0.717) is 35.7 Å². The smallest absolute Gasteiger partial charge is 0.252 e. The summed E-state index contributed by atoms with van der Waals surface area (Å²) in [5.74, 6) is 1.02. The maximum atomic E-state index is 12.5. The fourth-order valence-electron chi connectivity index (χ4n) is 2.18. The molecule has 0 bridgehead atoms. The molecule has 0 aromatic carbocycles. The zero-order chi connectivity index (χ0) is 13.3. The van der Waals surface area contributed by atoms with Gasteiger partial charge in [-0.25, -0.2) is 8.42 Å². The Labute approximate surface area is 113 Å². The monoisotopic (exact) mass is 288 g/mol. The second kappa shape index (κ2) is 5.28. The Bertz CT molecular complexity index is 510. The third-order valence-electron chi connectivity index (χ3n) is 3.73. The number of nitrogens with zero attached hydrogens (tertiary/aromatic N) is 1. The van der Waals surface area contributed by atoms with E-state index >= 15 is 0 Å². The number of sulfonamides is 1. The Balaban J connectivity index is 2.21. The van der Waals surface area contributed by atoms with Crippen molar-refractivity contribution in [1.82, 2.24) is 4.31 Å². The molecule has 6 heteroatoms. The Morgan fingerprint density at radius 3 is 2.67 bits per heavy atom. The van der Waals surface area contributed by atoms with Crippen LogP contribution in [0.1, 0.15) is 25.1 Å². The average Bonchev–Trinajstić information content (AvgIpc) is 2.81. The van der Waals surface area contributed by atoms with E-state index in [-0.39, 0.29) is 0 Å². The SMILES string of the molecule is CC1CCN(S(=O)(=O)c2ccc(CN)s2)CC1C. The van der Waals surface area contributed by atoms with Crippen molar-refractivity contribution < 1.29 is 8.42 Å². The quantitative estimate of drug-likeness (QED) is 0.923. The van der Waals surface area contributed by atoms with E-state index in [4.69, 9.17) is 5.73 Å². The standard InChI is InChI=1S/C12H20N2O2S2/c1-9-5-6-14(8-10(9)2)18(15,16)12-4-3-11(7-13)17-12/h3-4,9-10H,5-8,13H2,1-2H3. The third-order valence-corrected chi connectivity index (χ3v) is 7.17. The highest BCUT2D eigenvalue weighted by Crippen LogP contribution is 2.30. The number of thiophene rings is 1. The van der Waals surface area contributed by atoms with Gasteiger partial charge in [0.05, 0.1) is 0 Å². The molecule has 4 nitrogen and oxygen atoms in total. The van der Waals surface area contributed by atoms with E-state index < -0.39 is 10.0 Å². The number of nitrogens with two attached hydrogens (primary N) is 1. The molecule has 2 heterocycles. The Morgan fingerprint density at radius 2 is 2.11 bits per heavy atom. The van der Waals surface area contributed by atoms with Crippen molar-refractivity contribution in [3.63, 3.8) is 0 Å². The maximum absolute atomic E-state index is 12.5. The summed E-state index contributed by atoms with van der Waals surface area (Å²) in [5, 5.41) is 0. The summed E-state index contributed by atoms with van der Waals surface area (Å²) < 4.78 is 27.0. The molecule has 0 amide bonds. The fraction of sp³-hybridized carbons (Fsp3) is 0.667. The summed E-state index contributed by atoms with van der Waals surface area (Å²) >= 11 is 1.28. The lowest BCUT2D eigenvalue weighted by atomic mass is 9.90. The molecule has 2 N–H and O–H groups in total. The zero-order valence-corrected chi connectivity index (χ0v) is 12.4. The Morgan fingerprint density at radius 1 is 1.39 bits per heavy atom. The van der Waals surface area contributed by atoms with Crippen LogP contribution in [0.5, 0.6) is 0 Å². The van der Waals surface area contributed by atoms with Crippen LogP contribution >= 0.6 is 11.3 Å². The first-order chi connectivity index (χ1) is 8.45. The highest BCUT2D eigenvalue weighted by Gasteiger charge is 2.32. The van der Waals surface area contributed by atoms with Gasteiger partial charge in [-0.05, 0) is 30.4 Å². The van der Waals surface area contributed by atoms with E-state index in [1.807, 2.05) is 0 Å². The average molecular weight is 288 g/mol. The number of hydrogen-bond donors (Lipinski definition) is 1. The van der Waals surface area contributed by atoms with Crippen LogP contribution in [0.2, 0.25) is 0 Å². The second-order valence-corrected chi connectivity index (χ2v) is 8.36. The second-order valence-electron chi connectivity index (χ2n) is 5.03. The number of rotatable bonds is 3. The van der Waals surface area contributed by atoms with Crippen molar-refractivity contribution in [2.75, 3.05) is 13.1 Å². The molecule has 0 radical (unpaired) electrons. The zero-order valence-electron chi connectivity index (χ0n) is 10.8. The van der Waals surface area contributed by atoms with Gasteiger partial charge in [-0.2, -0.15) is 4.31 Å². The molecule has 1 saturated heterocycles. The van der Waals surface area contributed by atoms with Crippen LogP contribution in [-0.2, 0) is 16.6 Å². The van der Waals surface area contributed by atoms with Gasteiger partial charge < -0.3 is 5.73 Å². The molecule has 0 saturated carbocycles. The lowest BCUT2D eigenvalue weighted by Gasteiger charge is -2.34. The van der Waals surface area contributed by atoms with Crippen LogP contribution in [0.3, 0.4) is 0 Å². The van der Waals surface area contributed by atoms with Gasteiger partial charge in [0.2, 0.25) is 0 Å². The van der Waals surface area contributed by atoms with Crippen molar-refractivity contribution in [2.45, 2.75) is 31.0 Å². The summed E-state index contributed by atoms with van der Waals surface area (Å²) in [6.07, 6.45) is 0.940. The Hall–Kier alpha value is -0.430. The molecule has 1 fully saturated rings. The molecule has 0 aliphatic carbocycles. The molecule has 2 unspecified atom stereocenters. The normalized spacial score (nSPS) is 26.4. The van der Waals surface area contributed by atoms with Crippen LogP contribution < -0.4 is 5.73 Å². The minimum Gasteiger partial charge on any atom is -0.326 e. The summed E-state index contributed by atoms with van der Waals surface area (Å²) in [7, 11) is -3.31. The van der Waals surface area contributed by atoms with Gasteiger partial charge in [0.15, 0.2) is 0 Å². The fourth-order valence-corrected chi connectivity index (χ4v) is 5.12. The van der Waals surface area contributed by atoms with Crippen molar-refractivity contribution in [3.05, 3.63) is 17.0 Å². The summed E-state index contributed by atoms with van der Waals surface area (Å²) in [4.78, 5) is 0.909. The maximum Gasteiger partial charge on any atom is 0.252 e. The number of piperidine rings is 1. The van der Waals surface area contributed by atoms with E-state index in [1.165, 1.54) is 11.3 Å². The minimum absolute atomic E-state index is 0.396. The first kappa shape index (κ1) is 14.0. The van der Waals surface area contributed by atoms with Crippen LogP contribution in [0, 0.1) is 11.8 Å². The van der Waals surface area contributed by atoms with Crippen LogP contribution in [0.25, 0.3) is 0 Å². The Kier molecular flexibility index (Phi) is 4.11. The first-order valence-electron chi connectivity index (χ1n) is 6.24. The first-order valence-corrected chi connectivity index (χ1v) is 8.49. The van der Waals surface area contributed by atoms with E-state index in [1.54, 1.807) is 16.4 Å². The van der Waals surface area contributed by atoms with E-state index in [9.17, 15) is 8.42 Å². The molecule has 0 spiro atoms. The molecule has 102 valence electrons. The van der Waals surface area contributed by atoms with Gasteiger partial charge in [-0.1, -0.05) is 13.8 Å². The number of hydrogen-bond acceptors (Lipinski definition) is 4. The summed E-state index contributed by atoms with van der Waals surface area (Å²) in [6, 6.07) is 3.47. The van der Waals surface area contributed by atoms with Gasteiger partial charge in [-0.3, -0.25) is 0 Å². The largest absolute Gasteiger partial charge is 0.326 e. The molecule has 1 aliphatic rings. The highest BCUT2D eigenvalue weighted by atomic mass is 32.2. The van der Waals surface area contributed by atoms with Crippen LogP contribution in [0.4, 0.5) is 0 Å². The lowest BCUT2D eigenvalue weighted by molar-refractivity contribution is 0.213. The molecule has 1 aromatic rings. The topological polar surface area (TPSA) is 63.4 Å². The van der Waals surface area contributed by atoms with Gasteiger partial charge in [0, 0.05) is 24.5 Å². The van der Waals surface area contributed by atoms with E-state index in [2.05, 4.69) is 13.8 Å². The van der Waals surface area contributed by atoms with Crippen molar-refractivity contribution in [3.8, 4) is 0 Å². The highest BCUT2D eigenvalue weighted by molar-refractivity contribution is 7.91. The third kappa shape index (κ3) is 2.61. The molecule has 2 rings (SSSR count). The van der Waals surface area contributed by atoms with Gasteiger partial charge in [-0.15, -0.1) is 11.3 Å². The molecular formula is C12H20N2O2S2. The van der Waals surface area contributed by atoms with Crippen molar-refractivity contribution in [1.29, 1.82) is 0 Å². The van der Waals surface area contributed by atoms with Crippen molar-refractivity contribution >= 4 is 21.4 Å². The predicted octanol–water partition coefficient (Wildman–Crippen LogP) is 1.87. The van der Waals surface area contributed by atoms with Gasteiger partial charge >= 0.3 is 0 Å². The van der Waals surface area contributed by atoms with Gasteiger partial charge in [0.1, 0.15) is 4.21 Å². The van der Waals surface area contributed by atoms with Crippen molar-refractivity contribution in [2.24, 2.45) is 17.6 Å². The van der Waals surface area contributed by atoms with Crippen LogP contribution in [0.15, 0.2) is 16.3 Å². The molecule has 18 heavy (non-hydrogen) atoms.